The molecule has 0 saturated heterocycles. The van der Waals surface area contributed by atoms with Crippen LogP contribution in [-0.2, 0) is 6.61 Å². The van der Waals surface area contributed by atoms with Crippen molar-refractivity contribution in [1.29, 1.82) is 5.26 Å². The number of aliphatic hydroxyl groups excluding tert-OH is 1. The van der Waals surface area contributed by atoms with E-state index in [1.54, 1.807) is 0 Å². The van der Waals surface area contributed by atoms with E-state index in [0.29, 0.717) is 18.6 Å². The third-order valence-electron chi connectivity index (χ3n) is 3.16. The predicted molar refractivity (Wildman–Crippen MR) is 77.8 cm³/mol. The molecule has 114 valence electrons. The van der Waals surface area contributed by atoms with E-state index < -0.39 is 4.92 Å². The Kier molecular flexibility index (Phi) is 6.12. The van der Waals surface area contributed by atoms with Gasteiger partial charge in [0.25, 0.3) is 0 Å². The number of unbranched alkanes of at least 4 members (excludes halogenated alkanes) is 1. The number of aliphatic hydroxyl groups is 1. The first-order valence-electron chi connectivity index (χ1n) is 6.82. The molecule has 21 heavy (non-hydrogen) atoms. The minimum Gasteiger partial charge on any atom is -0.487 e. The second-order valence-electron chi connectivity index (χ2n) is 5.52. The van der Waals surface area contributed by atoms with Gasteiger partial charge in [0.2, 0.25) is 0 Å². The van der Waals surface area contributed by atoms with Crippen LogP contribution in [0, 0.1) is 26.9 Å². The molecule has 1 aromatic carbocycles. The van der Waals surface area contributed by atoms with Crippen molar-refractivity contribution < 1.29 is 14.8 Å². The highest BCUT2D eigenvalue weighted by Crippen LogP contribution is 2.28. The summed E-state index contributed by atoms with van der Waals surface area (Å²) in [7, 11) is 0. The number of rotatable bonds is 8. The topological polar surface area (TPSA) is 96.4 Å². The Morgan fingerprint density at radius 1 is 1.43 bits per heavy atom. The first kappa shape index (κ1) is 16.9. The third kappa shape index (κ3) is 5.40. The van der Waals surface area contributed by atoms with Gasteiger partial charge in [-0.2, -0.15) is 5.26 Å². The van der Waals surface area contributed by atoms with Crippen molar-refractivity contribution in [3.05, 3.63) is 33.9 Å². The van der Waals surface area contributed by atoms with Gasteiger partial charge in [0.15, 0.2) is 5.75 Å². The van der Waals surface area contributed by atoms with Crippen LogP contribution in [0.25, 0.3) is 0 Å². The summed E-state index contributed by atoms with van der Waals surface area (Å²) in [6.07, 6.45) is 2.28. The van der Waals surface area contributed by atoms with E-state index in [1.165, 1.54) is 18.2 Å². The van der Waals surface area contributed by atoms with Crippen molar-refractivity contribution in [2.24, 2.45) is 5.41 Å². The van der Waals surface area contributed by atoms with E-state index in [-0.39, 0.29) is 23.5 Å². The van der Waals surface area contributed by atoms with Crippen LogP contribution < -0.4 is 4.74 Å². The SMILES string of the molecule is CC(C)(C#N)CCCCOc1cc(CO)ccc1[N+](=O)[O-]. The highest BCUT2D eigenvalue weighted by atomic mass is 16.6. The minimum atomic E-state index is -0.505. The molecular weight excluding hydrogens is 272 g/mol. The monoisotopic (exact) mass is 292 g/mol. The fourth-order valence-electron chi connectivity index (χ4n) is 1.83. The van der Waals surface area contributed by atoms with Crippen molar-refractivity contribution in [1.82, 2.24) is 0 Å². The largest absolute Gasteiger partial charge is 0.487 e. The molecule has 0 atom stereocenters. The number of nitriles is 1. The highest BCUT2D eigenvalue weighted by molar-refractivity contribution is 5.48. The summed E-state index contributed by atoms with van der Waals surface area (Å²) < 4.78 is 5.45. The summed E-state index contributed by atoms with van der Waals surface area (Å²) in [6, 6.07) is 6.55. The molecule has 1 N–H and O–H groups in total. The van der Waals surface area contributed by atoms with E-state index in [1.807, 2.05) is 13.8 Å². The summed E-state index contributed by atoms with van der Waals surface area (Å²) in [6.45, 7) is 3.91. The Morgan fingerprint density at radius 2 is 2.14 bits per heavy atom. The fourth-order valence-corrected chi connectivity index (χ4v) is 1.83. The second kappa shape index (κ2) is 7.60. The Hall–Kier alpha value is -2.13. The van der Waals surface area contributed by atoms with Gasteiger partial charge in [0.05, 0.1) is 29.6 Å². The molecule has 0 amide bonds. The van der Waals surface area contributed by atoms with Crippen molar-refractivity contribution in [3.8, 4) is 11.8 Å². The van der Waals surface area contributed by atoms with Gasteiger partial charge in [0, 0.05) is 6.07 Å². The fraction of sp³-hybridized carbons (Fsp3) is 0.533. The van der Waals surface area contributed by atoms with Gasteiger partial charge in [-0.15, -0.1) is 0 Å². The molecule has 0 aliphatic heterocycles. The smallest absolute Gasteiger partial charge is 0.310 e. The van der Waals surface area contributed by atoms with Crippen LogP contribution in [0.15, 0.2) is 18.2 Å². The minimum absolute atomic E-state index is 0.107. The average molecular weight is 292 g/mol. The summed E-state index contributed by atoms with van der Waals surface area (Å²) in [4.78, 5) is 10.4. The van der Waals surface area contributed by atoms with Gasteiger partial charge in [0.1, 0.15) is 0 Å². The standard InChI is InChI=1S/C15H20N2O4/c1-15(2,11-16)7-3-4-8-21-14-9-12(10-18)5-6-13(14)17(19)20/h5-6,9,18H,3-4,7-8,10H2,1-2H3. The lowest BCUT2D eigenvalue weighted by atomic mass is 9.89. The first-order valence-corrected chi connectivity index (χ1v) is 6.82. The molecule has 1 rings (SSSR count). The molecule has 6 nitrogen and oxygen atoms in total. The van der Waals surface area contributed by atoms with E-state index in [4.69, 9.17) is 15.1 Å². The van der Waals surface area contributed by atoms with Gasteiger partial charge in [-0.3, -0.25) is 10.1 Å². The molecule has 0 heterocycles. The molecule has 0 aliphatic carbocycles. The summed E-state index contributed by atoms with van der Waals surface area (Å²) in [5, 5.41) is 28.9. The van der Waals surface area contributed by atoms with Gasteiger partial charge in [-0.05, 0) is 50.8 Å². The van der Waals surface area contributed by atoms with Crippen LogP contribution >= 0.6 is 0 Å². The van der Waals surface area contributed by atoms with Crippen molar-refractivity contribution in [3.63, 3.8) is 0 Å². The van der Waals surface area contributed by atoms with Crippen LogP contribution in [0.2, 0.25) is 0 Å². The van der Waals surface area contributed by atoms with Gasteiger partial charge in [-0.25, -0.2) is 0 Å². The highest BCUT2D eigenvalue weighted by Gasteiger charge is 2.17. The Bertz CT molecular complexity index is 535. The molecular formula is C15H20N2O4. The molecule has 0 saturated carbocycles. The molecule has 0 aromatic heterocycles. The normalized spacial score (nSPS) is 11.0. The molecule has 1 aromatic rings. The van der Waals surface area contributed by atoms with Crippen LogP contribution in [0.4, 0.5) is 5.69 Å². The first-order chi connectivity index (χ1) is 9.89. The number of ether oxygens (including phenoxy) is 1. The van der Waals surface area contributed by atoms with E-state index >= 15 is 0 Å². The third-order valence-corrected chi connectivity index (χ3v) is 3.16. The lowest BCUT2D eigenvalue weighted by Gasteiger charge is -2.14. The number of nitrogens with zero attached hydrogens (tertiary/aromatic N) is 2. The number of nitro groups is 1. The lowest BCUT2D eigenvalue weighted by molar-refractivity contribution is -0.385. The molecule has 6 heteroatoms. The maximum atomic E-state index is 10.9. The van der Waals surface area contributed by atoms with E-state index in [9.17, 15) is 10.1 Å². The molecule has 0 bridgehead atoms. The van der Waals surface area contributed by atoms with Gasteiger partial charge < -0.3 is 9.84 Å². The zero-order valence-corrected chi connectivity index (χ0v) is 12.3. The van der Waals surface area contributed by atoms with Crippen LogP contribution in [0.1, 0.15) is 38.7 Å². The number of hydrogen-bond donors (Lipinski definition) is 1. The molecule has 0 unspecified atom stereocenters. The van der Waals surface area contributed by atoms with Crippen molar-refractivity contribution >= 4 is 5.69 Å². The van der Waals surface area contributed by atoms with E-state index in [0.717, 1.165) is 12.8 Å². The van der Waals surface area contributed by atoms with Gasteiger partial charge >= 0.3 is 5.69 Å². The molecule has 0 spiro atoms. The van der Waals surface area contributed by atoms with Crippen LogP contribution in [-0.4, -0.2) is 16.6 Å². The average Bonchev–Trinajstić information content (AvgIpc) is 2.46. The zero-order valence-electron chi connectivity index (χ0n) is 12.3. The maximum Gasteiger partial charge on any atom is 0.310 e. The van der Waals surface area contributed by atoms with Crippen molar-refractivity contribution in [2.45, 2.75) is 39.7 Å². The van der Waals surface area contributed by atoms with Crippen LogP contribution in [0.5, 0.6) is 5.75 Å². The van der Waals surface area contributed by atoms with Crippen LogP contribution in [0.3, 0.4) is 0 Å². The Morgan fingerprint density at radius 3 is 2.71 bits per heavy atom. The van der Waals surface area contributed by atoms with E-state index in [2.05, 4.69) is 6.07 Å². The zero-order chi connectivity index (χ0) is 15.9. The molecule has 0 radical (unpaired) electrons. The Labute approximate surface area is 124 Å². The van der Waals surface area contributed by atoms with Gasteiger partial charge in [-0.1, -0.05) is 0 Å². The van der Waals surface area contributed by atoms with Crippen molar-refractivity contribution in [2.75, 3.05) is 6.61 Å². The number of benzene rings is 1. The second-order valence-corrected chi connectivity index (χ2v) is 5.52. The summed E-state index contributed by atoms with van der Waals surface area (Å²) >= 11 is 0. The molecule has 0 aliphatic rings. The summed E-state index contributed by atoms with van der Waals surface area (Å²) in [5.41, 5.74) is 0.105. The number of hydrogen-bond acceptors (Lipinski definition) is 5. The quantitative estimate of drug-likeness (QED) is 0.451. The summed E-state index contributed by atoms with van der Waals surface area (Å²) in [5.74, 6) is 0.172. The number of nitro benzene ring substituents is 1. The predicted octanol–water partition coefficient (Wildman–Crippen LogP) is 3.19. The maximum absolute atomic E-state index is 10.9. The Balaban J connectivity index is 2.55. The lowest BCUT2D eigenvalue weighted by Crippen LogP contribution is -2.08. The molecule has 0 fully saturated rings.